The summed E-state index contributed by atoms with van der Waals surface area (Å²) < 4.78 is 12.5. The fourth-order valence-corrected chi connectivity index (χ4v) is 0.707. The van der Waals surface area contributed by atoms with E-state index in [1.54, 1.807) is 19.1 Å². The third-order valence-electron chi connectivity index (χ3n) is 1.22. The van der Waals surface area contributed by atoms with Crippen LogP contribution in [0.1, 0.15) is 11.1 Å². The van der Waals surface area contributed by atoms with Crippen LogP contribution in [-0.4, -0.2) is 0 Å². The zero-order valence-corrected chi connectivity index (χ0v) is 11.0. The quantitative estimate of drug-likeness (QED) is 0.501. The van der Waals surface area contributed by atoms with E-state index in [9.17, 15) is 4.39 Å². The van der Waals surface area contributed by atoms with E-state index in [1.807, 2.05) is 0 Å². The molecule has 0 heterocycles. The summed E-state index contributed by atoms with van der Waals surface area (Å²) in [7, 11) is 0. The molecule has 0 radical (unpaired) electrons. The first-order valence-electron chi connectivity index (χ1n) is 3.05. The molecule has 0 N–H and O–H groups in total. The monoisotopic (exact) mass is 266 g/mol. The van der Waals surface area contributed by atoms with Gasteiger partial charge in [-0.25, -0.2) is 4.39 Å². The van der Waals surface area contributed by atoms with E-state index >= 15 is 0 Å². The topological polar surface area (TPSA) is 0 Å². The zero-order chi connectivity index (χ0) is 8.85. The molecule has 0 bridgehead atoms. The van der Waals surface area contributed by atoms with Gasteiger partial charge in [0.05, 0.1) is 0 Å². The van der Waals surface area contributed by atoms with Crippen LogP contribution in [0.3, 0.4) is 0 Å². The average Bonchev–Trinajstić information content (AvgIpc) is 2.02. The van der Waals surface area contributed by atoms with Crippen molar-refractivity contribution in [3.63, 3.8) is 0 Å². The van der Waals surface area contributed by atoms with Crippen molar-refractivity contribution in [3.8, 4) is 0 Å². The predicted molar refractivity (Wildman–Crippen MR) is 44.5 cm³/mol. The predicted octanol–water partition coefficient (Wildman–Crippen LogP) is 3.16. The molecule has 0 aliphatic carbocycles. The standard InChI is InChI=1S/C8H8F.BrH.Zn/c1-6-3-4-8(9)7(2)5-6;;/h3-5H,1H2,2H3;1H;/q-1;;+2/p-1. The van der Waals surface area contributed by atoms with E-state index < -0.39 is 0 Å². The normalized spacial score (nSPS) is 8.45. The molecular formula is C8H8BrFZn. The minimum absolute atomic E-state index is 0.164. The molecule has 56 valence electrons. The number of hydrogen-bond acceptors (Lipinski definition) is 0. The van der Waals surface area contributed by atoms with E-state index in [1.165, 1.54) is 22.4 Å². The number of hydrogen-bond donors (Lipinski definition) is 0. The van der Waals surface area contributed by atoms with Crippen molar-refractivity contribution in [2.24, 2.45) is 0 Å². The zero-order valence-electron chi connectivity index (χ0n) is 6.40. The molecule has 0 aliphatic rings. The van der Waals surface area contributed by atoms with E-state index in [0.29, 0.717) is 5.56 Å². The molecule has 0 nitrogen and oxygen atoms in total. The molecule has 0 spiro atoms. The van der Waals surface area contributed by atoms with Crippen LogP contribution in [0.25, 0.3) is 0 Å². The van der Waals surface area contributed by atoms with Gasteiger partial charge in [0.1, 0.15) is 5.82 Å². The maximum absolute atomic E-state index is 12.5. The van der Waals surface area contributed by atoms with Gasteiger partial charge in [0.2, 0.25) is 0 Å². The Kier molecular flexibility index (Phi) is 5.80. The fourth-order valence-electron chi connectivity index (χ4n) is 0.707. The molecule has 0 aliphatic heterocycles. The SMILES string of the molecule is [CH2-]c1ccc(F)c(C)c1.[Zn+][Br]. The molecule has 0 amide bonds. The van der Waals surface area contributed by atoms with Crippen LogP contribution in [0.2, 0.25) is 0 Å². The van der Waals surface area contributed by atoms with Crippen LogP contribution >= 0.6 is 13.6 Å². The molecule has 0 unspecified atom stereocenters. The third kappa shape index (κ3) is 3.88. The Labute approximate surface area is 83.2 Å². The van der Waals surface area contributed by atoms with Crippen LogP contribution in [0, 0.1) is 19.7 Å². The molecule has 0 fully saturated rings. The Hall–Kier alpha value is 0.123. The summed E-state index contributed by atoms with van der Waals surface area (Å²) in [4.78, 5) is 0. The Morgan fingerprint density at radius 2 is 2.00 bits per heavy atom. The summed E-state index contributed by atoms with van der Waals surface area (Å²) in [5, 5.41) is 0. The van der Waals surface area contributed by atoms with Crippen molar-refractivity contribution in [1.29, 1.82) is 0 Å². The van der Waals surface area contributed by atoms with Gasteiger partial charge in [-0.2, -0.15) is 24.6 Å². The second-order valence-electron chi connectivity index (χ2n) is 2.08. The maximum atomic E-state index is 12.5. The van der Waals surface area contributed by atoms with Crippen molar-refractivity contribution in [2.75, 3.05) is 0 Å². The molecular weight excluding hydrogens is 260 g/mol. The van der Waals surface area contributed by atoms with Crippen LogP contribution in [0.15, 0.2) is 18.2 Å². The summed E-state index contributed by atoms with van der Waals surface area (Å²) in [5.74, 6) is -0.164. The first kappa shape index (κ1) is 11.1. The summed E-state index contributed by atoms with van der Waals surface area (Å²) in [5.41, 5.74) is 1.51. The van der Waals surface area contributed by atoms with Crippen molar-refractivity contribution in [1.82, 2.24) is 0 Å². The molecule has 0 saturated heterocycles. The van der Waals surface area contributed by atoms with Gasteiger partial charge >= 0.3 is 30.0 Å². The van der Waals surface area contributed by atoms with Crippen molar-refractivity contribution in [3.05, 3.63) is 42.1 Å². The Bertz CT molecular complexity index is 225. The second kappa shape index (κ2) is 5.73. The van der Waals surface area contributed by atoms with Gasteiger partial charge in [0, 0.05) is 0 Å². The van der Waals surface area contributed by atoms with Crippen LogP contribution in [-0.2, 0) is 16.3 Å². The van der Waals surface area contributed by atoms with E-state index in [-0.39, 0.29) is 5.82 Å². The molecule has 0 atom stereocenters. The van der Waals surface area contributed by atoms with Crippen molar-refractivity contribution < 1.29 is 20.7 Å². The molecule has 0 aromatic heterocycles. The minimum atomic E-state index is -0.164. The molecule has 1 aromatic carbocycles. The summed E-state index contributed by atoms with van der Waals surface area (Å²) in [6.45, 7) is 5.38. The van der Waals surface area contributed by atoms with Gasteiger partial charge in [-0.15, -0.1) is 0 Å². The molecule has 11 heavy (non-hydrogen) atoms. The Balaban J connectivity index is 0.000000461. The van der Waals surface area contributed by atoms with Crippen LogP contribution in [0.4, 0.5) is 4.39 Å². The number of aryl methyl sites for hydroxylation is 1. The second-order valence-corrected chi connectivity index (χ2v) is 2.08. The molecule has 3 heteroatoms. The summed E-state index contributed by atoms with van der Waals surface area (Å²) >= 11 is 4.25. The van der Waals surface area contributed by atoms with E-state index in [0.717, 1.165) is 5.56 Å². The fraction of sp³-hybridized carbons (Fsp3) is 0.125. The Morgan fingerprint density at radius 3 is 2.36 bits per heavy atom. The number of rotatable bonds is 0. The van der Waals surface area contributed by atoms with Crippen LogP contribution in [0.5, 0.6) is 0 Å². The third-order valence-corrected chi connectivity index (χ3v) is 1.22. The Morgan fingerprint density at radius 1 is 1.45 bits per heavy atom. The number of benzene rings is 1. The van der Waals surface area contributed by atoms with E-state index in [2.05, 4.69) is 20.5 Å². The van der Waals surface area contributed by atoms with Gasteiger partial charge in [-0.05, 0) is 6.92 Å². The van der Waals surface area contributed by atoms with Gasteiger partial charge in [0.25, 0.3) is 0 Å². The molecule has 0 saturated carbocycles. The average molecular weight is 268 g/mol. The van der Waals surface area contributed by atoms with E-state index in [4.69, 9.17) is 0 Å². The summed E-state index contributed by atoms with van der Waals surface area (Å²) in [6.07, 6.45) is 0. The van der Waals surface area contributed by atoms with Gasteiger partial charge < -0.3 is 0 Å². The first-order valence-corrected chi connectivity index (χ1v) is 10.00. The van der Waals surface area contributed by atoms with Gasteiger partial charge in [0.15, 0.2) is 0 Å². The van der Waals surface area contributed by atoms with Gasteiger partial charge in [-0.3, -0.25) is 0 Å². The van der Waals surface area contributed by atoms with Gasteiger partial charge in [-0.1, -0.05) is 11.6 Å². The van der Waals surface area contributed by atoms with Crippen molar-refractivity contribution >= 4 is 13.6 Å². The number of halogens is 2. The molecule has 1 rings (SSSR count). The van der Waals surface area contributed by atoms with Crippen molar-refractivity contribution in [2.45, 2.75) is 6.92 Å². The van der Waals surface area contributed by atoms with Crippen LogP contribution < -0.4 is 0 Å². The first-order chi connectivity index (χ1) is 5.20. The summed E-state index contributed by atoms with van der Waals surface area (Å²) in [6, 6.07) is 4.80. The molecule has 1 aromatic rings.